The second-order valence-corrected chi connectivity index (χ2v) is 6.55. The average molecular weight is 290 g/mol. The van der Waals surface area contributed by atoms with Crippen molar-refractivity contribution in [2.75, 3.05) is 37.5 Å². The first-order valence-electron chi connectivity index (χ1n) is 7.86. The van der Waals surface area contributed by atoms with E-state index in [0.717, 1.165) is 36.1 Å². The van der Waals surface area contributed by atoms with Gasteiger partial charge in [0, 0.05) is 30.6 Å². The maximum Gasteiger partial charge on any atom is 0.148 e. The van der Waals surface area contributed by atoms with Crippen LogP contribution in [-0.4, -0.2) is 48.1 Å². The van der Waals surface area contributed by atoms with E-state index in [1.807, 2.05) is 0 Å². The minimum atomic E-state index is 0.534. The van der Waals surface area contributed by atoms with Gasteiger partial charge >= 0.3 is 0 Å². The molecule has 0 amide bonds. The summed E-state index contributed by atoms with van der Waals surface area (Å²) in [5, 5.41) is 0. The van der Waals surface area contributed by atoms with Crippen LogP contribution in [0.3, 0.4) is 0 Å². The number of nitrogens with two attached hydrogens (primary N) is 1. The predicted molar refractivity (Wildman–Crippen MR) is 85.5 cm³/mol. The molecule has 3 N–H and O–H groups in total. The molecule has 1 unspecified atom stereocenters. The number of nitrogens with one attached hydrogen (secondary N) is 1. The molecule has 1 saturated heterocycles. The number of nitrogen functional groups attached to an aromatic ring is 1. The molecule has 21 heavy (non-hydrogen) atoms. The Morgan fingerprint density at radius 2 is 2.05 bits per heavy atom. The summed E-state index contributed by atoms with van der Waals surface area (Å²) in [5.74, 6) is 9.00. The highest BCUT2D eigenvalue weighted by molar-refractivity contribution is 5.59. The van der Waals surface area contributed by atoms with Crippen LogP contribution >= 0.6 is 0 Å². The third-order valence-electron chi connectivity index (χ3n) is 4.44. The fourth-order valence-electron chi connectivity index (χ4n) is 3.19. The van der Waals surface area contributed by atoms with Crippen molar-refractivity contribution >= 4 is 11.6 Å². The molecule has 1 aliphatic heterocycles. The molecule has 6 heteroatoms. The third kappa shape index (κ3) is 2.96. The van der Waals surface area contributed by atoms with Crippen molar-refractivity contribution in [3.63, 3.8) is 0 Å². The number of hydrogen-bond acceptors (Lipinski definition) is 6. The molecule has 2 aliphatic rings. The first-order valence-corrected chi connectivity index (χ1v) is 7.86. The van der Waals surface area contributed by atoms with Crippen LogP contribution in [0.15, 0.2) is 0 Å². The molecule has 2 heterocycles. The van der Waals surface area contributed by atoms with Gasteiger partial charge in [-0.25, -0.2) is 15.8 Å². The van der Waals surface area contributed by atoms with Gasteiger partial charge in [0.25, 0.3) is 0 Å². The first kappa shape index (κ1) is 14.5. The Labute approximate surface area is 126 Å². The topological polar surface area (TPSA) is 70.3 Å². The Kier molecular flexibility index (Phi) is 3.99. The van der Waals surface area contributed by atoms with Gasteiger partial charge in [0.2, 0.25) is 0 Å². The van der Waals surface area contributed by atoms with Crippen molar-refractivity contribution in [2.45, 2.75) is 44.6 Å². The fourth-order valence-corrected chi connectivity index (χ4v) is 3.19. The van der Waals surface area contributed by atoms with Crippen LogP contribution in [-0.2, 0) is 0 Å². The number of likely N-dealkylation sites (N-methyl/N-ethyl adjacent to an activating group) is 1. The third-order valence-corrected chi connectivity index (χ3v) is 4.44. The second kappa shape index (κ2) is 5.77. The lowest BCUT2D eigenvalue weighted by Gasteiger charge is -2.30. The smallest absolute Gasteiger partial charge is 0.148 e. The molecule has 1 aliphatic carbocycles. The molecule has 0 radical (unpaired) electrons. The summed E-state index contributed by atoms with van der Waals surface area (Å²) in [6.45, 7) is 4.20. The summed E-state index contributed by atoms with van der Waals surface area (Å²) in [4.78, 5) is 14.2. The van der Waals surface area contributed by atoms with Crippen molar-refractivity contribution in [3.8, 4) is 0 Å². The van der Waals surface area contributed by atoms with Crippen LogP contribution in [0.5, 0.6) is 0 Å². The predicted octanol–water partition coefficient (Wildman–Crippen LogP) is 1.48. The van der Waals surface area contributed by atoms with Gasteiger partial charge < -0.3 is 15.2 Å². The van der Waals surface area contributed by atoms with Crippen molar-refractivity contribution in [3.05, 3.63) is 11.4 Å². The highest BCUT2D eigenvalue weighted by Gasteiger charge is 2.32. The van der Waals surface area contributed by atoms with Crippen molar-refractivity contribution < 1.29 is 0 Å². The number of anilines is 2. The highest BCUT2D eigenvalue weighted by atomic mass is 15.3. The Morgan fingerprint density at radius 1 is 1.29 bits per heavy atom. The lowest BCUT2D eigenvalue weighted by molar-refractivity contribution is 0.371. The normalized spacial score (nSPS) is 22.1. The molecule has 1 aromatic heterocycles. The highest BCUT2D eigenvalue weighted by Crippen LogP contribution is 2.40. The van der Waals surface area contributed by atoms with Crippen molar-refractivity contribution in [1.82, 2.24) is 14.9 Å². The zero-order valence-electron chi connectivity index (χ0n) is 13.3. The maximum absolute atomic E-state index is 5.66. The summed E-state index contributed by atoms with van der Waals surface area (Å²) in [7, 11) is 4.26. The molecule has 0 bridgehead atoms. The van der Waals surface area contributed by atoms with Gasteiger partial charge in [0.1, 0.15) is 17.5 Å². The van der Waals surface area contributed by atoms with Gasteiger partial charge in [-0.2, -0.15) is 0 Å². The average Bonchev–Trinajstić information content (AvgIpc) is 3.20. The Balaban J connectivity index is 1.94. The SMILES string of the molecule is Cc1c(NN)nc(C2CC2)nc1N1CCCC1CN(C)C. The van der Waals surface area contributed by atoms with Gasteiger partial charge in [0.15, 0.2) is 0 Å². The molecule has 116 valence electrons. The summed E-state index contributed by atoms with van der Waals surface area (Å²) < 4.78 is 0. The van der Waals surface area contributed by atoms with E-state index in [0.29, 0.717) is 12.0 Å². The number of aromatic nitrogens is 2. The molecule has 0 spiro atoms. The van der Waals surface area contributed by atoms with Crippen LogP contribution in [0.25, 0.3) is 0 Å². The van der Waals surface area contributed by atoms with E-state index in [-0.39, 0.29) is 0 Å². The number of rotatable bonds is 5. The van der Waals surface area contributed by atoms with Crippen LogP contribution < -0.4 is 16.2 Å². The molecule has 1 atom stereocenters. The lowest BCUT2D eigenvalue weighted by atomic mass is 10.2. The molecular formula is C15H26N6. The zero-order chi connectivity index (χ0) is 15.0. The summed E-state index contributed by atoms with van der Waals surface area (Å²) in [6.07, 6.45) is 4.86. The van der Waals surface area contributed by atoms with Crippen LogP contribution in [0.4, 0.5) is 11.6 Å². The van der Waals surface area contributed by atoms with Crippen molar-refractivity contribution in [1.29, 1.82) is 0 Å². The summed E-state index contributed by atoms with van der Waals surface area (Å²) in [5.41, 5.74) is 3.81. The van der Waals surface area contributed by atoms with Crippen LogP contribution in [0.1, 0.15) is 43.0 Å². The molecular weight excluding hydrogens is 264 g/mol. The van der Waals surface area contributed by atoms with E-state index in [2.05, 4.69) is 41.2 Å². The Bertz CT molecular complexity index is 511. The fraction of sp³-hybridized carbons (Fsp3) is 0.733. The van der Waals surface area contributed by atoms with E-state index in [9.17, 15) is 0 Å². The maximum atomic E-state index is 5.66. The minimum Gasteiger partial charge on any atom is -0.352 e. The standard InChI is InChI=1S/C15H26N6/c1-10-13(19-16)17-14(11-6-7-11)18-15(10)21-8-4-5-12(21)9-20(2)3/h11-12H,4-9,16H2,1-3H3,(H,17,18,19). The second-order valence-electron chi connectivity index (χ2n) is 6.55. The lowest BCUT2D eigenvalue weighted by Crippen LogP contribution is -2.38. The Morgan fingerprint density at radius 3 is 2.67 bits per heavy atom. The summed E-state index contributed by atoms with van der Waals surface area (Å²) in [6, 6.07) is 0.534. The number of hydrogen-bond donors (Lipinski definition) is 2. The van der Waals surface area contributed by atoms with Gasteiger partial charge in [0.05, 0.1) is 0 Å². The zero-order valence-corrected chi connectivity index (χ0v) is 13.3. The van der Waals surface area contributed by atoms with Crippen LogP contribution in [0, 0.1) is 6.92 Å². The van der Waals surface area contributed by atoms with Crippen molar-refractivity contribution in [2.24, 2.45) is 5.84 Å². The van der Waals surface area contributed by atoms with Gasteiger partial charge in [-0.05, 0) is 46.7 Å². The monoisotopic (exact) mass is 290 g/mol. The summed E-state index contributed by atoms with van der Waals surface area (Å²) >= 11 is 0. The number of hydrazine groups is 1. The largest absolute Gasteiger partial charge is 0.352 e. The van der Waals surface area contributed by atoms with E-state index in [1.165, 1.54) is 25.7 Å². The molecule has 2 fully saturated rings. The van der Waals surface area contributed by atoms with E-state index in [1.54, 1.807) is 0 Å². The molecule has 3 rings (SSSR count). The first-order chi connectivity index (χ1) is 10.1. The Hall–Kier alpha value is -1.40. The minimum absolute atomic E-state index is 0.534. The van der Waals surface area contributed by atoms with E-state index in [4.69, 9.17) is 10.8 Å². The molecule has 6 nitrogen and oxygen atoms in total. The van der Waals surface area contributed by atoms with Crippen LogP contribution in [0.2, 0.25) is 0 Å². The van der Waals surface area contributed by atoms with Gasteiger partial charge in [-0.15, -0.1) is 0 Å². The van der Waals surface area contributed by atoms with E-state index >= 15 is 0 Å². The van der Waals surface area contributed by atoms with Gasteiger partial charge in [-0.1, -0.05) is 0 Å². The molecule has 1 saturated carbocycles. The van der Waals surface area contributed by atoms with E-state index < -0.39 is 0 Å². The van der Waals surface area contributed by atoms with Gasteiger partial charge in [-0.3, -0.25) is 0 Å². The number of nitrogens with zero attached hydrogens (tertiary/aromatic N) is 4. The molecule has 1 aromatic rings. The quantitative estimate of drug-likeness (QED) is 0.632. The molecule has 0 aromatic carbocycles.